The van der Waals surface area contributed by atoms with E-state index in [1.807, 2.05) is 0 Å². The highest BCUT2D eigenvalue weighted by molar-refractivity contribution is 9.08. The van der Waals surface area contributed by atoms with Crippen LogP contribution in [0.5, 0.6) is 0 Å². The van der Waals surface area contributed by atoms with Gasteiger partial charge in [-0.05, 0) is 23.3 Å². The van der Waals surface area contributed by atoms with E-state index in [-0.39, 0.29) is 43.0 Å². The molecule has 116 valence electrons. The lowest BCUT2D eigenvalue weighted by atomic mass is 9.98. The molecule has 0 amide bonds. The standard InChI is InChI=1S/C15H8Br2Cl2F2O/c16-5-7-1-3-9(18)11(13(7)20)15(22)12-10(19)4-2-8(6-17)14(12)21/h1-4H,5-6H2. The van der Waals surface area contributed by atoms with Crippen LogP contribution in [0.3, 0.4) is 0 Å². The van der Waals surface area contributed by atoms with Gasteiger partial charge in [0, 0.05) is 10.7 Å². The minimum Gasteiger partial charge on any atom is -0.288 e. The third-order valence-electron chi connectivity index (χ3n) is 3.08. The van der Waals surface area contributed by atoms with Gasteiger partial charge in [0.05, 0.1) is 21.2 Å². The number of carbonyl (C=O) groups excluding carboxylic acids is 1. The first-order valence-electron chi connectivity index (χ1n) is 6.02. The Morgan fingerprint density at radius 3 is 1.55 bits per heavy atom. The summed E-state index contributed by atoms with van der Waals surface area (Å²) in [6, 6.07) is 5.70. The number of hydrogen-bond acceptors (Lipinski definition) is 1. The van der Waals surface area contributed by atoms with Crippen molar-refractivity contribution in [3.05, 3.63) is 68.2 Å². The molecule has 0 radical (unpaired) electrons. The Morgan fingerprint density at radius 1 is 0.864 bits per heavy atom. The number of carbonyl (C=O) groups is 1. The highest BCUT2D eigenvalue weighted by atomic mass is 79.9. The van der Waals surface area contributed by atoms with Crippen molar-refractivity contribution in [2.45, 2.75) is 10.7 Å². The van der Waals surface area contributed by atoms with Gasteiger partial charge < -0.3 is 0 Å². The minimum atomic E-state index is -0.879. The molecule has 2 rings (SSSR count). The summed E-state index contributed by atoms with van der Waals surface area (Å²) in [4.78, 5) is 12.6. The van der Waals surface area contributed by atoms with E-state index in [0.29, 0.717) is 0 Å². The highest BCUT2D eigenvalue weighted by Crippen LogP contribution is 2.31. The summed E-state index contributed by atoms with van der Waals surface area (Å²) in [7, 11) is 0. The molecule has 1 nitrogen and oxygen atoms in total. The molecule has 2 aromatic carbocycles. The predicted molar refractivity (Wildman–Crippen MR) is 91.5 cm³/mol. The lowest BCUT2D eigenvalue weighted by Gasteiger charge is -2.11. The zero-order valence-electron chi connectivity index (χ0n) is 10.9. The van der Waals surface area contributed by atoms with E-state index < -0.39 is 17.4 Å². The van der Waals surface area contributed by atoms with Crippen LogP contribution >= 0.6 is 55.1 Å². The summed E-state index contributed by atoms with van der Waals surface area (Å²) >= 11 is 18.1. The fraction of sp³-hybridized carbons (Fsp3) is 0.133. The zero-order valence-corrected chi connectivity index (χ0v) is 15.6. The maximum atomic E-state index is 14.4. The van der Waals surface area contributed by atoms with Gasteiger partial charge in [0.2, 0.25) is 5.78 Å². The van der Waals surface area contributed by atoms with E-state index in [1.54, 1.807) is 0 Å². The van der Waals surface area contributed by atoms with Crippen LogP contribution in [0.25, 0.3) is 0 Å². The van der Waals surface area contributed by atoms with Crippen molar-refractivity contribution < 1.29 is 13.6 Å². The maximum absolute atomic E-state index is 14.4. The van der Waals surface area contributed by atoms with Crippen LogP contribution < -0.4 is 0 Å². The summed E-state index contributed by atoms with van der Waals surface area (Å²) in [6.07, 6.45) is 0. The average Bonchev–Trinajstić information content (AvgIpc) is 2.48. The van der Waals surface area contributed by atoms with Crippen molar-refractivity contribution in [2.75, 3.05) is 0 Å². The number of halogens is 6. The molecule has 0 bridgehead atoms. The van der Waals surface area contributed by atoms with E-state index in [0.717, 1.165) is 0 Å². The number of ketones is 1. The number of alkyl halides is 2. The van der Waals surface area contributed by atoms with Gasteiger partial charge in [-0.1, -0.05) is 67.2 Å². The SMILES string of the molecule is O=C(c1c(Cl)ccc(CBr)c1F)c1c(Cl)ccc(CBr)c1F. The summed E-state index contributed by atoms with van der Waals surface area (Å²) in [5.74, 6) is -2.45. The summed E-state index contributed by atoms with van der Waals surface area (Å²) in [5, 5.41) is 0.223. The van der Waals surface area contributed by atoms with Crippen LogP contribution in [0, 0.1) is 11.6 Å². The predicted octanol–water partition coefficient (Wildman–Crippen LogP) is 6.29. The second-order valence-electron chi connectivity index (χ2n) is 4.39. The molecule has 0 aliphatic heterocycles. The van der Waals surface area contributed by atoms with Gasteiger partial charge in [-0.15, -0.1) is 0 Å². The monoisotopic (exact) mass is 470 g/mol. The molecule has 0 aromatic heterocycles. The van der Waals surface area contributed by atoms with Crippen LogP contribution in [-0.4, -0.2) is 5.78 Å². The van der Waals surface area contributed by atoms with Gasteiger partial charge in [0.25, 0.3) is 0 Å². The van der Waals surface area contributed by atoms with Crippen molar-refractivity contribution in [3.63, 3.8) is 0 Å². The molecule has 0 heterocycles. The zero-order chi connectivity index (χ0) is 16.4. The van der Waals surface area contributed by atoms with E-state index in [1.165, 1.54) is 24.3 Å². The van der Waals surface area contributed by atoms with Crippen LogP contribution in [-0.2, 0) is 10.7 Å². The normalized spacial score (nSPS) is 10.8. The van der Waals surface area contributed by atoms with E-state index in [9.17, 15) is 13.6 Å². The molecule has 2 aromatic rings. The fourth-order valence-corrected chi connectivity index (χ4v) is 3.27. The molecule has 22 heavy (non-hydrogen) atoms. The first-order chi connectivity index (χ1) is 10.4. The third kappa shape index (κ3) is 3.23. The first kappa shape index (κ1) is 17.9. The van der Waals surface area contributed by atoms with Crippen LogP contribution in [0.2, 0.25) is 10.0 Å². The second-order valence-corrected chi connectivity index (χ2v) is 6.32. The Kier molecular flexibility index (Phi) is 6.00. The van der Waals surface area contributed by atoms with Crippen LogP contribution in [0.15, 0.2) is 24.3 Å². The Labute approximate surface area is 152 Å². The van der Waals surface area contributed by atoms with E-state index in [2.05, 4.69) is 31.9 Å². The lowest BCUT2D eigenvalue weighted by molar-refractivity contribution is 0.103. The van der Waals surface area contributed by atoms with E-state index in [4.69, 9.17) is 23.2 Å². The largest absolute Gasteiger partial charge is 0.288 e. The van der Waals surface area contributed by atoms with Crippen molar-refractivity contribution >= 4 is 60.8 Å². The van der Waals surface area contributed by atoms with Gasteiger partial charge in [0.15, 0.2) is 0 Å². The lowest BCUT2D eigenvalue weighted by Crippen LogP contribution is -2.11. The number of benzene rings is 2. The van der Waals surface area contributed by atoms with E-state index >= 15 is 0 Å². The minimum absolute atomic E-state index is 0.0908. The quantitative estimate of drug-likeness (QED) is 0.377. The van der Waals surface area contributed by atoms with Gasteiger partial charge in [-0.25, -0.2) is 8.78 Å². The van der Waals surface area contributed by atoms with Gasteiger partial charge in [0.1, 0.15) is 11.6 Å². The summed E-state index contributed by atoms with van der Waals surface area (Å²) < 4.78 is 28.8. The van der Waals surface area contributed by atoms with Gasteiger partial charge in [-0.2, -0.15) is 0 Å². The molecule has 0 spiro atoms. The van der Waals surface area contributed by atoms with Crippen molar-refractivity contribution in [2.24, 2.45) is 0 Å². The maximum Gasteiger partial charge on any atom is 0.201 e. The van der Waals surface area contributed by atoms with Gasteiger partial charge in [-0.3, -0.25) is 4.79 Å². The molecule has 0 saturated heterocycles. The summed E-state index contributed by atoms with van der Waals surface area (Å²) in [5.41, 5.74) is -0.265. The molecule has 0 atom stereocenters. The molecule has 0 unspecified atom stereocenters. The number of rotatable bonds is 4. The fourth-order valence-electron chi connectivity index (χ4n) is 1.94. The molecule has 0 aliphatic rings. The van der Waals surface area contributed by atoms with Gasteiger partial charge >= 0.3 is 0 Å². The molecule has 0 fully saturated rings. The molecule has 7 heteroatoms. The Morgan fingerprint density at radius 2 is 1.23 bits per heavy atom. The second kappa shape index (κ2) is 7.39. The molecule has 0 saturated carbocycles. The Balaban J connectivity index is 2.69. The Bertz CT molecular complexity index is 689. The van der Waals surface area contributed by atoms with Crippen molar-refractivity contribution in [1.29, 1.82) is 0 Å². The van der Waals surface area contributed by atoms with Crippen molar-refractivity contribution in [3.8, 4) is 0 Å². The first-order valence-corrected chi connectivity index (χ1v) is 9.02. The highest BCUT2D eigenvalue weighted by Gasteiger charge is 2.26. The molecular formula is C15H8Br2Cl2F2O. The average molecular weight is 473 g/mol. The smallest absolute Gasteiger partial charge is 0.201 e. The molecular weight excluding hydrogens is 465 g/mol. The molecule has 0 aliphatic carbocycles. The summed E-state index contributed by atoms with van der Waals surface area (Å²) in [6.45, 7) is 0. The third-order valence-corrected chi connectivity index (χ3v) is 4.92. The van der Waals surface area contributed by atoms with Crippen molar-refractivity contribution in [1.82, 2.24) is 0 Å². The topological polar surface area (TPSA) is 17.1 Å². The van der Waals surface area contributed by atoms with Crippen LogP contribution in [0.1, 0.15) is 27.0 Å². The Hall–Kier alpha value is -0.490. The van der Waals surface area contributed by atoms with Crippen LogP contribution in [0.4, 0.5) is 8.78 Å². The molecule has 0 N–H and O–H groups in total. The number of hydrogen-bond donors (Lipinski definition) is 0.